The minimum absolute atomic E-state index is 0. The van der Waals surface area contributed by atoms with Crippen molar-refractivity contribution in [2.75, 3.05) is 27.2 Å². The molecule has 26 heavy (non-hydrogen) atoms. The maximum absolute atomic E-state index is 10.7. The van der Waals surface area contributed by atoms with E-state index in [9.17, 15) is 14.6 Å². The molecule has 0 fully saturated rings. The van der Waals surface area contributed by atoms with E-state index in [0.29, 0.717) is 0 Å². The summed E-state index contributed by atoms with van der Waals surface area (Å²) in [6, 6.07) is 0. The molecule has 0 amide bonds. The molecule has 0 aliphatic carbocycles. The Morgan fingerprint density at radius 1 is 0.962 bits per heavy atom. The quantitative estimate of drug-likeness (QED) is 0.129. The van der Waals surface area contributed by atoms with Crippen molar-refractivity contribution in [2.24, 2.45) is 0 Å². The van der Waals surface area contributed by atoms with Crippen LogP contribution in [0.4, 0.5) is 0 Å². The van der Waals surface area contributed by atoms with Crippen LogP contribution in [0.15, 0.2) is 0 Å². The molecule has 2 atom stereocenters. The van der Waals surface area contributed by atoms with Crippen LogP contribution in [0.5, 0.6) is 0 Å². The topological polar surface area (TPSA) is 89.8 Å². The summed E-state index contributed by atoms with van der Waals surface area (Å²) in [6.45, 7) is 4.04. The van der Waals surface area contributed by atoms with Crippen molar-refractivity contribution in [1.29, 1.82) is 0 Å². The first-order chi connectivity index (χ1) is 11.5. The van der Waals surface area contributed by atoms with Crippen LogP contribution < -0.4 is 34.5 Å². The molecule has 0 saturated heterocycles. The molecule has 0 aliphatic heterocycles. The van der Waals surface area contributed by atoms with Crippen LogP contribution in [0.2, 0.25) is 0 Å². The smallest absolute Gasteiger partial charge is 0.756 e. The van der Waals surface area contributed by atoms with E-state index in [1.165, 1.54) is 64.7 Å². The fourth-order valence-electron chi connectivity index (χ4n) is 2.79. The summed E-state index contributed by atoms with van der Waals surface area (Å²) in [6.07, 6.45) is 13.9. The molecule has 8 heteroatoms. The van der Waals surface area contributed by atoms with Gasteiger partial charge in [0.05, 0.1) is 20.6 Å². The molecular formula is C18H40NNaO5P+. The maximum atomic E-state index is 10.7. The van der Waals surface area contributed by atoms with Gasteiger partial charge in [0.25, 0.3) is 7.82 Å². The van der Waals surface area contributed by atoms with E-state index < -0.39 is 20.2 Å². The Bertz CT molecular complexity index is 388. The third-order valence-electron chi connectivity index (χ3n) is 5.13. The van der Waals surface area contributed by atoms with E-state index in [2.05, 4.69) is 11.4 Å². The van der Waals surface area contributed by atoms with Gasteiger partial charge in [-0.3, -0.25) is 9.05 Å². The molecule has 0 saturated carbocycles. The van der Waals surface area contributed by atoms with Crippen LogP contribution in [0.25, 0.3) is 0 Å². The number of hydrogen-bond acceptors (Lipinski definition) is 4. The minimum atomic E-state index is -4.81. The zero-order valence-electron chi connectivity index (χ0n) is 17.7. The first kappa shape index (κ1) is 29.2. The zero-order chi connectivity index (χ0) is 19.4. The summed E-state index contributed by atoms with van der Waals surface area (Å²) in [5, 5.41) is 10.4. The standard InChI is InChI=1S/C18H40NO5P.Na/c1-5-6-7-8-9-10-11-12-13-14-15-16-19(3,4)18(2,20)17-24-25(21,22)23;/h20H,5-17H2,1-4H3,(H-,21,22,23);/q;+1. The molecule has 0 aromatic carbocycles. The monoisotopic (exact) mass is 404 g/mol. The molecule has 0 aromatic rings. The van der Waals surface area contributed by atoms with Crippen LogP contribution in [0.1, 0.15) is 84.5 Å². The van der Waals surface area contributed by atoms with Crippen molar-refractivity contribution in [2.45, 2.75) is 90.2 Å². The summed E-state index contributed by atoms with van der Waals surface area (Å²) in [7, 11) is -1.13. The van der Waals surface area contributed by atoms with Gasteiger partial charge in [-0.25, -0.2) is 0 Å². The second kappa shape index (κ2) is 14.9. The Balaban J connectivity index is 0. The largest absolute Gasteiger partial charge is 1.00 e. The van der Waals surface area contributed by atoms with E-state index >= 15 is 0 Å². The van der Waals surface area contributed by atoms with Gasteiger partial charge in [-0.2, -0.15) is 0 Å². The molecular weight excluding hydrogens is 364 g/mol. The number of phosphoric ester groups is 1. The summed E-state index contributed by atoms with van der Waals surface area (Å²) in [4.78, 5) is 19.4. The van der Waals surface area contributed by atoms with E-state index in [1.807, 2.05) is 14.1 Å². The van der Waals surface area contributed by atoms with Gasteiger partial charge in [0.1, 0.15) is 6.61 Å². The molecule has 2 unspecified atom stereocenters. The molecule has 0 heterocycles. The maximum Gasteiger partial charge on any atom is 1.00 e. The second-order valence-corrected chi connectivity index (χ2v) is 9.10. The van der Waals surface area contributed by atoms with Gasteiger partial charge in [-0.05, 0) is 12.8 Å². The number of quaternary nitrogens is 1. The molecule has 152 valence electrons. The van der Waals surface area contributed by atoms with Gasteiger partial charge in [0.2, 0.25) is 5.72 Å². The third-order valence-corrected chi connectivity index (χ3v) is 5.58. The van der Waals surface area contributed by atoms with E-state index in [-0.39, 0.29) is 34.0 Å². The first-order valence-electron chi connectivity index (χ1n) is 9.75. The number of likely N-dealkylation sites (N-methyl/N-ethyl adjacent to an activating group) is 1. The van der Waals surface area contributed by atoms with Gasteiger partial charge in [-0.15, -0.1) is 0 Å². The summed E-state index contributed by atoms with van der Waals surface area (Å²) < 4.78 is 15.3. The Morgan fingerprint density at radius 2 is 1.35 bits per heavy atom. The Hall–Kier alpha value is 1.03. The van der Waals surface area contributed by atoms with Gasteiger partial charge >= 0.3 is 29.6 Å². The number of unbranched alkanes of at least 4 members (excludes halogenated alkanes) is 10. The average Bonchev–Trinajstić information content (AvgIpc) is 2.50. The first-order valence-corrected chi connectivity index (χ1v) is 11.3. The zero-order valence-corrected chi connectivity index (χ0v) is 20.6. The second-order valence-electron chi connectivity index (χ2n) is 7.90. The Labute approximate surface area is 182 Å². The molecule has 6 nitrogen and oxygen atoms in total. The fourth-order valence-corrected chi connectivity index (χ4v) is 3.20. The minimum Gasteiger partial charge on any atom is -0.756 e. The third kappa shape index (κ3) is 15.0. The van der Waals surface area contributed by atoms with Crippen LogP contribution in [0, 0.1) is 0 Å². The summed E-state index contributed by atoms with van der Waals surface area (Å²) in [5.41, 5.74) is -1.37. The average molecular weight is 404 g/mol. The van der Waals surface area contributed by atoms with Crippen LogP contribution in [-0.2, 0) is 9.09 Å². The molecule has 0 bridgehead atoms. The van der Waals surface area contributed by atoms with Crippen molar-refractivity contribution in [3.63, 3.8) is 0 Å². The van der Waals surface area contributed by atoms with E-state index in [1.54, 1.807) is 0 Å². The number of rotatable bonds is 16. The molecule has 0 rings (SSSR count). The normalized spacial score (nSPS) is 16.6. The SMILES string of the molecule is CCCCCCCCCCCCC[N+](C)(C)C(C)(O)COP(=O)([O-])O.[Na+]. The van der Waals surface area contributed by atoms with Crippen LogP contribution in [0.3, 0.4) is 0 Å². The fraction of sp³-hybridized carbons (Fsp3) is 1.00. The van der Waals surface area contributed by atoms with Crippen LogP contribution in [-0.4, -0.2) is 47.5 Å². The predicted octanol–water partition coefficient (Wildman–Crippen LogP) is 0.564. The van der Waals surface area contributed by atoms with Gasteiger partial charge in [-0.1, -0.05) is 64.7 Å². The van der Waals surface area contributed by atoms with Crippen molar-refractivity contribution in [3.05, 3.63) is 0 Å². The van der Waals surface area contributed by atoms with E-state index in [4.69, 9.17) is 4.89 Å². The number of phosphoric acid groups is 1. The Kier molecular flexibility index (Phi) is 16.8. The van der Waals surface area contributed by atoms with Crippen LogP contribution >= 0.6 is 7.82 Å². The van der Waals surface area contributed by atoms with Crippen molar-refractivity contribution >= 4 is 7.82 Å². The summed E-state index contributed by atoms with van der Waals surface area (Å²) in [5.74, 6) is 0. The molecule has 0 aliphatic rings. The Morgan fingerprint density at radius 3 is 1.73 bits per heavy atom. The summed E-state index contributed by atoms with van der Waals surface area (Å²) >= 11 is 0. The van der Waals surface area contributed by atoms with E-state index in [0.717, 1.165) is 19.4 Å². The number of hydrogen-bond donors (Lipinski definition) is 2. The van der Waals surface area contributed by atoms with Gasteiger partial charge in [0.15, 0.2) is 0 Å². The van der Waals surface area contributed by atoms with Crippen molar-refractivity contribution < 1.29 is 58.0 Å². The molecule has 2 N–H and O–H groups in total. The number of aliphatic hydroxyl groups is 1. The molecule has 0 spiro atoms. The number of nitrogens with zero attached hydrogens (tertiary/aromatic N) is 1. The predicted molar refractivity (Wildman–Crippen MR) is 99.8 cm³/mol. The van der Waals surface area contributed by atoms with Crippen molar-refractivity contribution in [3.8, 4) is 0 Å². The van der Waals surface area contributed by atoms with Crippen molar-refractivity contribution in [1.82, 2.24) is 0 Å². The van der Waals surface area contributed by atoms with Gasteiger partial charge in [0, 0.05) is 6.92 Å². The van der Waals surface area contributed by atoms with Gasteiger partial charge < -0.3 is 19.4 Å². The molecule has 0 radical (unpaired) electrons. The molecule has 0 aromatic heterocycles.